The molecule has 0 aliphatic rings. The Kier molecular flexibility index (Phi) is 3.99. The van der Waals surface area contributed by atoms with Gasteiger partial charge in [-0.1, -0.05) is 12.6 Å². The maximum atomic E-state index is 11.9. The molecule has 1 aromatic heterocycles. The van der Waals surface area contributed by atoms with Crippen LogP contribution in [-0.2, 0) is 4.57 Å². The zero-order valence-electron chi connectivity index (χ0n) is 10.8. The third kappa shape index (κ3) is 3.10. The lowest BCUT2D eigenvalue weighted by Crippen LogP contribution is -2.20. The number of anilines is 1. The molecule has 1 atom stereocenters. The van der Waals surface area contributed by atoms with Crippen molar-refractivity contribution in [3.05, 3.63) is 30.5 Å². The molecule has 0 bridgehead atoms. The van der Waals surface area contributed by atoms with E-state index in [0.29, 0.717) is 11.3 Å². The second kappa shape index (κ2) is 4.92. The van der Waals surface area contributed by atoms with Gasteiger partial charge in [0.05, 0.1) is 6.04 Å². The normalized spacial score (nSPS) is 13.2. The molecule has 0 aromatic carbocycles. The van der Waals surface area contributed by atoms with Crippen LogP contribution in [-0.4, -0.2) is 30.3 Å². The number of nitrogen functional groups attached to an aromatic ring is 1. The van der Waals surface area contributed by atoms with Crippen molar-refractivity contribution in [3.8, 4) is 0 Å². The zero-order valence-corrected chi connectivity index (χ0v) is 11.7. The van der Waals surface area contributed by atoms with Crippen LogP contribution in [0, 0.1) is 0 Å². The minimum Gasteiger partial charge on any atom is -0.383 e. The van der Waals surface area contributed by atoms with Crippen molar-refractivity contribution in [1.29, 1.82) is 0 Å². The van der Waals surface area contributed by atoms with E-state index in [1.165, 1.54) is 0 Å². The van der Waals surface area contributed by atoms with Crippen LogP contribution in [0.3, 0.4) is 0 Å². The van der Waals surface area contributed by atoms with E-state index < -0.39 is 7.14 Å². The third-order valence-corrected chi connectivity index (χ3v) is 4.20. The first kappa shape index (κ1) is 13.8. The van der Waals surface area contributed by atoms with Crippen molar-refractivity contribution >= 4 is 18.4 Å². The molecule has 1 rings (SSSR count). The lowest BCUT2D eigenvalue weighted by atomic mass is 10.1. The molecule has 1 heterocycles. The van der Waals surface area contributed by atoms with Crippen molar-refractivity contribution in [2.75, 3.05) is 26.1 Å². The summed E-state index contributed by atoms with van der Waals surface area (Å²) in [5.74, 6) is 0.438. The molecule has 0 saturated carbocycles. The number of hydrogen-bond donors (Lipinski definition) is 1. The van der Waals surface area contributed by atoms with E-state index in [0.717, 1.165) is 5.56 Å². The van der Waals surface area contributed by atoms with Crippen LogP contribution in [0.1, 0.15) is 18.5 Å². The van der Waals surface area contributed by atoms with Gasteiger partial charge in [-0.15, -0.1) is 0 Å². The zero-order chi connectivity index (χ0) is 13.2. The van der Waals surface area contributed by atoms with Crippen LogP contribution < -0.4 is 11.2 Å². The smallest absolute Gasteiger partial charge is 0.129 e. The van der Waals surface area contributed by atoms with E-state index in [2.05, 4.69) is 11.6 Å². The highest BCUT2D eigenvalue weighted by Crippen LogP contribution is 2.34. The summed E-state index contributed by atoms with van der Waals surface area (Å²) in [5.41, 5.74) is 7.42. The Morgan fingerprint density at radius 2 is 2.12 bits per heavy atom. The van der Waals surface area contributed by atoms with Gasteiger partial charge < -0.3 is 15.2 Å². The quantitative estimate of drug-likeness (QED) is 0.834. The molecule has 5 heteroatoms. The van der Waals surface area contributed by atoms with Crippen LogP contribution in [0.2, 0.25) is 0 Å². The Balaban J connectivity index is 3.14. The predicted octanol–water partition coefficient (Wildman–Crippen LogP) is 2.05. The van der Waals surface area contributed by atoms with Crippen molar-refractivity contribution in [3.63, 3.8) is 0 Å². The average molecular weight is 253 g/mol. The molecular formula is C12H20N3OP. The van der Waals surface area contributed by atoms with Crippen molar-refractivity contribution in [2.45, 2.75) is 13.0 Å². The van der Waals surface area contributed by atoms with Gasteiger partial charge in [-0.2, -0.15) is 0 Å². The molecule has 17 heavy (non-hydrogen) atoms. The van der Waals surface area contributed by atoms with Gasteiger partial charge in [-0.05, 0) is 32.5 Å². The summed E-state index contributed by atoms with van der Waals surface area (Å²) in [6.07, 6.45) is 1.74. The van der Waals surface area contributed by atoms with Gasteiger partial charge in [0.15, 0.2) is 0 Å². The largest absolute Gasteiger partial charge is 0.383 e. The fraction of sp³-hybridized carbons (Fsp3) is 0.417. The molecule has 2 N–H and O–H groups in total. The average Bonchev–Trinajstić information content (AvgIpc) is 2.25. The van der Waals surface area contributed by atoms with Gasteiger partial charge >= 0.3 is 0 Å². The number of nitrogens with two attached hydrogens (primary N) is 1. The van der Waals surface area contributed by atoms with Crippen molar-refractivity contribution in [2.24, 2.45) is 0 Å². The first-order valence-corrected chi connectivity index (χ1v) is 8.04. The fourth-order valence-electron chi connectivity index (χ4n) is 1.51. The van der Waals surface area contributed by atoms with Crippen LogP contribution >= 0.6 is 7.14 Å². The highest BCUT2D eigenvalue weighted by Gasteiger charge is 2.17. The highest BCUT2D eigenvalue weighted by molar-refractivity contribution is 7.69. The number of aromatic nitrogens is 1. The molecule has 0 fully saturated rings. The van der Waals surface area contributed by atoms with E-state index in [9.17, 15) is 4.57 Å². The number of hydrogen-bond acceptors (Lipinski definition) is 4. The van der Waals surface area contributed by atoms with Gasteiger partial charge in [0.25, 0.3) is 0 Å². The minimum atomic E-state index is -2.35. The Morgan fingerprint density at radius 3 is 2.53 bits per heavy atom. The predicted molar refractivity (Wildman–Crippen MR) is 74.1 cm³/mol. The molecule has 0 spiro atoms. The van der Waals surface area contributed by atoms with E-state index >= 15 is 0 Å². The summed E-state index contributed by atoms with van der Waals surface area (Å²) in [6, 6.07) is 3.78. The number of nitrogens with zero attached hydrogens (tertiary/aromatic N) is 2. The molecule has 1 aromatic rings. The van der Waals surface area contributed by atoms with Crippen LogP contribution in [0.15, 0.2) is 24.9 Å². The minimum absolute atomic E-state index is 0.0992. The second-order valence-electron chi connectivity index (χ2n) is 4.52. The number of pyridine rings is 1. The molecule has 4 nitrogen and oxygen atoms in total. The maximum absolute atomic E-state index is 11.9. The lowest BCUT2D eigenvalue weighted by Gasteiger charge is -2.24. The summed E-state index contributed by atoms with van der Waals surface area (Å²) in [7, 11) is -0.424. The molecule has 0 aliphatic heterocycles. The Bertz CT molecular complexity index is 467. The first-order chi connectivity index (χ1) is 7.77. The molecule has 0 radical (unpaired) electrons. The van der Waals surface area contributed by atoms with Gasteiger partial charge in [0.1, 0.15) is 18.4 Å². The lowest BCUT2D eigenvalue weighted by molar-refractivity contribution is 0.362. The monoisotopic (exact) mass is 253 g/mol. The number of rotatable bonds is 4. The summed E-state index contributed by atoms with van der Waals surface area (Å²) < 4.78 is 11.9. The summed E-state index contributed by atoms with van der Waals surface area (Å²) in [6.45, 7) is 9.11. The Morgan fingerprint density at radius 1 is 1.53 bits per heavy atom. The van der Waals surface area contributed by atoms with Crippen LogP contribution in [0.25, 0.3) is 0 Å². The summed E-state index contributed by atoms with van der Waals surface area (Å²) in [5, 5.41) is 0. The van der Waals surface area contributed by atoms with Crippen molar-refractivity contribution in [1.82, 2.24) is 9.88 Å². The van der Waals surface area contributed by atoms with Gasteiger partial charge in [-0.25, -0.2) is 4.98 Å². The van der Waals surface area contributed by atoms with E-state index in [1.54, 1.807) is 25.6 Å². The Hall–Kier alpha value is -1.28. The highest BCUT2D eigenvalue weighted by atomic mass is 31.2. The standard InChI is InChI=1S/C12H20N3OP/c1-6-15(3)9(2)10-7-8-11(14-12(10)13)17(4,5)16/h6-9H,1H2,2-5H3,(H2,13,14). The SMILES string of the molecule is C=CN(C)C(C)c1ccc(P(C)(C)=O)nc1N. The Labute approximate surface area is 103 Å². The van der Waals surface area contributed by atoms with Crippen LogP contribution in [0.5, 0.6) is 0 Å². The molecule has 94 valence electrons. The molecule has 1 unspecified atom stereocenters. The topological polar surface area (TPSA) is 59.2 Å². The molecule has 0 saturated heterocycles. The molecular weight excluding hydrogens is 233 g/mol. The van der Waals surface area contributed by atoms with Gasteiger partial charge in [0.2, 0.25) is 0 Å². The molecule has 0 aliphatic carbocycles. The van der Waals surface area contributed by atoms with E-state index in [1.807, 2.05) is 24.9 Å². The van der Waals surface area contributed by atoms with Crippen molar-refractivity contribution < 1.29 is 4.57 Å². The maximum Gasteiger partial charge on any atom is 0.129 e. The third-order valence-electron chi connectivity index (χ3n) is 2.84. The first-order valence-electron chi connectivity index (χ1n) is 5.44. The van der Waals surface area contributed by atoms with Crippen LogP contribution in [0.4, 0.5) is 5.82 Å². The fourth-order valence-corrected chi connectivity index (χ4v) is 2.29. The van der Waals surface area contributed by atoms with E-state index in [4.69, 9.17) is 5.73 Å². The second-order valence-corrected chi connectivity index (χ2v) is 7.68. The van der Waals surface area contributed by atoms with Gasteiger partial charge in [0, 0.05) is 12.6 Å². The van der Waals surface area contributed by atoms with Gasteiger partial charge in [-0.3, -0.25) is 0 Å². The summed E-state index contributed by atoms with van der Waals surface area (Å²) in [4.78, 5) is 6.18. The molecule has 0 amide bonds. The summed E-state index contributed by atoms with van der Waals surface area (Å²) >= 11 is 0. The van der Waals surface area contributed by atoms with E-state index in [-0.39, 0.29) is 6.04 Å².